The Hall–Kier alpha value is -1.27. The third-order valence-electron chi connectivity index (χ3n) is 5.14. The van der Waals surface area contributed by atoms with Crippen molar-refractivity contribution in [1.29, 1.82) is 0 Å². The van der Waals surface area contributed by atoms with E-state index in [1.165, 1.54) is 12.1 Å². The van der Waals surface area contributed by atoms with Gasteiger partial charge in [-0.3, -0.25) is 4.90 Å². The molecule has 1 N–H and O–H groups in total. The summed E-state index contributed by atoms with van der Waals surface area (Å²) in [6, 6.07) is 5.43. The van der Waals surface area contributed by atoms with E-state index in [9.17, 15) is 13.2 Å². The Balaban J connectivity index is 0.00000320. The molecule has 2 aliphatic rings. The van der Waals surface area contributed by atoms with Crippen LogP contribution in [0.3, 0.4) is 0 Å². The molecule has 1 unspecified atom stereocenters. The van der Waals surface area contributed by atoms with E-state index in [1.807, 2.05) is 6.92 Å². The number of nitrogens with zero attached hydrogens (tertiary/aromatic N) is 3. The molecule has 2 saturated heterocycles. The van der Waals surface area contributed by atoms with Crippen LogP contribution in [0.4, 0.5) is 13.2 Å². The molecule has 0 radical (unpaired) electrons. The van der Waals surface area contributed by atoms with Gasteiger partial charge in [0, 0.05) is 38.8 Å². The van der Waals surface area contributed by atoms with E-state index in [4.69, 9.17) is 9.47 Å². The first-order chi connectivity index (χ1) is 14.0. The molecule has 0 bridgehead atoms. The zero-order valence-electron chi connectivity index (χ0n) is 17.2. The molecule has 1 aromatic rings. The number of likely N-dealkylation sites (tertiary alicyclic amines) is 1. The molecular weight excluding hydrogens is 512 g/mol. The van der Waals surface area contributed by atoms with E-state index in [2.05, 4.69) is 20.1 Å². The monoisotopic (exact) mass is 542 g/mol. The van der Waals surface area contributed by atoms with Gasteiger partial charge in [-0.2, -0.15) is 13.2 Å². The highest BCUT2D eigenvalue weighted by Gasteiger charge is 2.31. The summed E-state index contributed by atoms with van der Waals surface area (Å²) in [7, 11) is 0. The topological polar surface area (TPSA) is 49.3 Å². The number of benzene rings is 1. The van der Waals surface area contributed by atoms with E-state index in [-0.39, 0.29) is 36.3 Å². The van der Waals surface area contributed by atoms with Gasteiger partial charge < -0.3 is 19.7 Å². The first-order valence-corrected chi connectivity index (χ1v) is 10.1. The second kappa shape index (κ2) is 11.9. The lowest BCUT2D eigenvalue weighted by Gasteiger charge is -2.32. The zero-order chi connectivity index (χ0) is 20.7. The molecule has 2 heterocycles. The predicted octanol–water partition coefficient (Wildman–Crippen LogP) is 3.07. The molecule has 6 nitrogen and oxygen atoms in total. The highest BCUT2D eigenvalue weighted by atomic mass is 127. The van der Waals surface area contributed by atoms with Crippen LogP contribution in [0.2, 0.25) is 0 Å². The molecule has 30 heavy (non-hydrogen) atoms. The molecule has 1 aromatic carbocycles. The molecule has 3 rings (SSSR count). The summed E-state index contributed by atoms with van der Waals surface area (Å²) < 4.78 is 49.3. The SMILES string of the molecule is CCNC(=NCCOc1cccc(C(F)(F)F)c1)N1CCC(N2CCOCC2)C1.I. The number of hydrogen-bond acceptors (Lipinski definition) is 4. The van der Waals surface area contributed by atoms with Crippen molar-refractivity contribution in [3.63, 3.8) is 0 Å². The van der Waals surface area contributed by atoms with Gasteiger partial charge in [-0.25, -0.2) is 4.99 Å². The van der Waals surface area contributed by atoms with Crippen LogP contribution < -0.4 is 10.1 Å². The summed E-state index contributed by atoms with van der Waals surface area (Å²) in [4.78, 5) is 9.32. The lowest BCUT2D eigenvalue weighted by atomic mass is 10.2. The Kier molecular flexibility index (Phi) is 9.95. The van der Waals surface area contributed by atoms with E-state index < -0.39 is 11.7 Å². The summed E-state index contributed by atoms with van der Waals surface area (Å²) in [5, 5.41) is 3.30. The summed E-state index contributed by atoms with van der Waals surface area (Å²) in [5.41, 5.74) is -0.710. The standard InChI is InChI=1S/C20H29F3N4O2.HI/c1-2-24-19(27-8-6-17(15-27)26-9-12-28-13-10-26)25-7-11-29-18-5-3-4-16(14-18)20(21,22)23;/h3-5,14,17H,2,6-13,15H2,1H3,(H,24,25);1H. The van der Waals surface area contributed by atoms with Gasteiger partial charge in [-0.1, -0.05) is 6.07 Å². The highest BCUT2D eigenvalue weighted by Crippen LogP contribution is 2.31. The van der Waals surface area contributed by atoms with Crippen LogP contribution in [0.1, 0.15) is 18.9 Å². The minimum Gasteiger partial charge on any atom is -0.492 e. The fourth-order valence-corrected chi connectivity index (χ4v) is 3.68. The maximum atomic E-state index is 12.8. The average molecular weight is 542 g/mol. The van der Waals surface area contributed by atoms with Gasteiger partial charge in [0.25, 0.3) is 0 Å². The van der Waals surface area contributed by atoms with Crippen molar-refractivity contribution in [3.8, 4) is 5.75 Å². The number of hydrogen-bond donors (Lipinski definition) is 1. The van der Waals surface area contributed by atoms with Gasteiger partial charge in [0.1, 0.15) is 12.4 Å². The third-order valence-corrected chi connectivity index (χ3v) is 5.14. The van der Waals surface area contributed by atoms with Gasteiger partial charge in [0.05, 0.1) is 25.3 Å². The van der Waals surface area contributed by atoms with Crippen LogP contribution in [0.15, 0.2) is 29.3 Å². The Bertz CT molecular complexity index is 684. The normalized spacial score (nSPS) is 20.7. The van der Waals surface area contributed by atoms with E-state index >= 15 is 0 Å². The fourth-order valence-electron chi connectivity index (χ4n) is 3.68. The van der Waals surface area contributed by atoms with Crippen molar-refractivity contribution in [2.24, 2.45) is 4.99 Å². The molecule has 1 atom stereocenters. The molecule has 0 aliphatic carbocycles. The third kappa shape index (κ3) is 7.16. The minimum absolute atomic E-state index is 0. The predicted molar refractivity (Wildman–Crippen MR) is 121 cm³/mol. The number of ether oxygens (including phenoxy) is 2. The number of rotatable bonds is 6. The van der Waals surface area contributed by atoms with Crippen molar-refractivity contribution in [3.05, 3.63) is 29.8 Å². The Morgan fingerprint density at radius 2 is 2.03 bits per heavy atom. The molecule has 0 amide bonds. The second-order valence-electron chi connectivity index (χ2n) is 7.15. The zero-order valence-corrected chi connectivity index (χ0v) is 19.5. The second-order valence-corrected chi connectivity index (χ2v) is 7.15. The molecule has 2 aliphatic heterocycles. The number of aliphatic imine (C=N–C) groups is 1. The van der Waals surface area contributed by atoms with Gasteiger partial charge in [0.15, 0.2) is 5.96 Å². The molecule has 2 fully saturated rings. The van der Waals surface area contributed by atoms with E-state index in [0.717, 1.165) is 70.5 Å². The number of guanidine groups is 1. The minimum atomic E-state index is -4.37. The molecule has 10 heteroatoms. The van der Waals surface area contributed by atoms with E-state index in [1.54, 1.807) is 0 Å². The lowest BCUT2D eigenvalue weighted by Crippen LogP contribution is -2.46. The number of morpholine rings is 1. The van der Waals surface area contributed by atoms with Crippen molar-refractivity contribution in [2.75, 3.05) is 59.1 Å². The van der Waals surface area contributed by atoms with Crippen LogP contribution in [0, 0.1) is 0 Å². The molecule has 0 spiro atoms. The van der Waals surface area contributed by atoms with E-state index in [0.29, 0.717) is 12.6 Å². The van der Waals surface area contributed by atoms with Crippen LogP contribution >= 0.6 is 24.0 Å². The van der Waals surface area contributed by atoms with Gasteiger partial charge in [-0.05, 0) is 31.5 Å². The Morgan fingerprint density at radius 3 is 2.73 bits per heavy atom. The number of halogens is 4. The molecular formula is C20H30F3IN4O2. The summed E-state index contributed by atoms with van der Waals surface area (Å²) in [5.74, 6) is 1.03. The smallest absolute Gasteiger partial charge is 0.416 e. The summed E-state index contributed by atoms with van der Waals surface area (Å²) in [6.07, 6.45) is -3.28. The Morgan fingerprint density at radius 1 is 1.27 bits per heavy atom. The van der Waals surface area contributed by atoms with Crippen LogP contribution in [-0.4, -0.2) is 80.9 Å². The van der Waals surface area contributed by atoms with Crippen molar-refractivity contribution in [1.82, 2.24) is 15.1 Å². The summed E-state index contributed by atoms with van der Waals surface area (Å²) >= 11 is 0. The van der Waals surface area contributed by atoms with Crippen molar-refractivity contribution in [2.45, 2.75) is 25.6 Å². The first kappa shape index (κ1) is 25.0. The van der Waals surface area contributed by atoms with Crippen molar-refractivity contribution < 1.29 is 22.6 Å². The number of nitrogens with one attached hydrogen (secondary N) is 1. The van der Waals surface area contributed by atoms with Crippen molar-refractivity contribution >= 4 is 29.9 Å². The maximum absolute atomic E-state index is 12.8. The highest BCUT2D eigenvalue weighted by molar-refractivity contribution is 14.0. The van der Waals surface area contributed by atoms with Crippen LogP contribution in [0.5, 0.6) is 5.75 Å². The quantitative estimate of drug-likeness (QED) is 0.259. The van der Waals surface area contributed by atoms with Gasteiger partial charge in [0.2, 0.25) is 0 Å². The first-order valence-electron chi connectivity index (χ1n) is 10.1. The van der Waals surface area contributed by atoms with Crippen LogP contribution in [0.25, 0.3) is 0 Å². The van der Waals surface area contributed by atoms with Gasteiger partial charge >= 0.3 is 6.18 Å². The summed E-state index contributed by atoms with van der Waals surface area (Å²) in [6.45, 7) is 8.73. The lowest BCUT2D eigenvalue weighted by molar-refractivity contribution is -0.137. The van der Waals surface area contributed by atoms with Crippen LogP contribution in [-0.2, 0) is 10.9 Å². The molecule has 0 aromatic heterocycles. The number of alkyl halides is 3. The largest absolute Gasteiger partial charge is 0.492 e. The van der Waals surface area contributed by atoms with Gasteiger partial charge in [-0.15, -0.1) is 24.0 Å². The fraction of sp³-hybridized carbons (Fsp3) is 0.650. The molecule has 0 saturated carbocycles. The average Bonchev–Trinajstić information content (AvgIpc) is 3.21. The Labute approximate surface area is 192 Å². The maximum Gasteiger partial charge on any atom is 0.416 e. The molecule has 170 valence electrons.